The molecule has 0 aromatic rings. The molecule has 3 fully saturated rings. The number of hydrogen-bond acceptors (Lipinski definition) is 4. The van der Waals surface area contributed by atoms with E-state index in [0.717, 1.165) is 69.9 Å². The van der Waals surface area contributed by atoms with Crippen molar-refractivity contribution in [1.82, 2.24) is 20.4 Å². The van der Waals surface area contributed by atoms with Crippen molar-refractivity contribution in [2.45, 2.75) is 70.1 Å². The van der Waals surface area contributed by atoms with Crippen LogP contribution in [0, 0.1) is 5.92 Å². The summed E-state index contributed by atoms with van der Waals surface area (Å²) in [6.45, 7) is 10.8. The maximum atomic E-state index is 12.4. The van der Waals surface area contributed by atoms with E-state index in [0.29, 0.717) is 17.9 Å². The minimum absolute atomic E-state index is 0. The van der Waals surface area contributed by atoms with Crippen LogP contribution in [0.3, 0.4) is 0 Å². The van der Waals surface area contributed by atoms with Crippen LogP contribution in [0.15, 0.2) is 4.99 Å². The molecule has 1 saturated heterocycles. The highest BCUT2D eigenvalue weighted by atomic mass is 127. The van der Waals surface area contributed by atoms with Crippen molar-refractivity contribution in [3.8, 4) is 0 Å². The first kappa shape index (κ1) is 26.0. The second-order valence-electron chi connectivity index (χ2n) is 8.64. The van der Waals surface area contributed by atoms with Crippen molar-refractivity contribution in [1.29, 1.82) is 0 Å². The minimum Gasteiger partial charge on any atom is -0.357 e. The number of thioether (sulfide) groups is 1. The molecule has 0 radical (unpaired) electrons. The third-order valence-electron chi connectivity index (χ3n) is 6.54. The van der Waals surface area contributed by atoms with Crippen LogP contribution in [0.5, 0.6) is 0 Å². The average molecular weight is 552 g/mol. The lowest BCUT2D eigenvalue weighted by Crippen LogP contribution is -2.51. The molecule has 2 aliphatic carbocycles. The molecule has 2 unspecified atom stereocenters. The van der Waals surface area contributed by atoms with E-state index in [1.807, 2.05) is 0 Å². The van der Waals surface area contributed by atoms with E-state index in [1.165, 1.54) is 37.9 Å². The second-order valence-corrected chi connectivity index (χ2v) is 10.2. The van der Waals surface area contributed by atoms with Gasteiger partial charge in [0.15, 0.2) is 5.96 Å². The Balaban J connectivity index is 0.00000320. The van der Waals surface area contributed by atoms with Gasteiger partial charge in [0.05, 0.1) is 6.54 Å². The molecule has 30 heavy (non-hydrogen) atoms. The fourth-order valence-corrected chi connectivity index (χ4v) is 5.76. The molecule has 2 saturated carbocycles. The molecule has 174 valence electrons. The first-order valence-electron chi connectivity index (χ1n) is 11.9. The summed E-state index contributed by atoms with van der Waals surface area (Å²) in [5, 5.41) is 7.91. The maximum absolute atomic E-state index is 12.4. The topological polar surface area (TPSA) is 60.0 Å². The molecule has 8 heteroatoms. The predicted molar refractivity (Wildman–Crippen MR) is 139 cm³/mol. The molecule has 2 N–H and O–H groups in total. The lowest BCUT2D eigenvalue weighted by Gasteiger charge is -2.38. The minimum atomic E-state index is 0. The monoisotopic (exact) mass is 551 g/mol. The van der Waals surface area contributed by atoms with Crippen LogP contribution in [-0.2, 0) is 4.79 Å². The van der Waals surface area contributed by atoms with Crippen LogP contribution in [0.4, 0.5) is 0 Å². The molecule has 1 aliphatic heterocycles. The van der Waals surface area contributed by atoms with Gasteiger partial charge in [-0.05, 0) is 44.8 Å². The normalized spacial score (nSPS) is 25.9. The van der Waals surface area contributed by atoms with Gasteiger partial charge in [-0.3, -0.25) is 14.7 Å². The molecule has 3 aliphatic rings. The summed E-state index contributed by atoms with van der Waals surface area (Å²) >= 11 is 2.11. The molecule has 6 nitrogen and oxygen atoms in total. The lowest BCUT2D eigenvalue weighted by molar-refractivity contribution is -0.139. The zero-order valence-corrected chi connectivity index (χ0v) is 22.1. The Morgan fingerprint density at radius 3 is 2.43 bits per heavy atom. The van der Waals surface area contributed by atoms with Gasteiger partial charge < -0.3 is 15.5 Å². The quantitative estimate of drug-likeness (QED) is 0.276. The number of rotatable bonds is 8. The van der Waals surface area contributed by atoms with Gasteiger partial charge >= 0.3 is 0 Å². The van der Waals surface area contributed by atoms with Crippen molar-refractivity contribution in [3.05, 3.63) is 0 Å². The van der Waals surface area contributed by atoms with Gasteiger partial charge in [0.1, 0.15) is 0 Å². The van der Waals surface area contributed by atoms with Gasteiger partial charge in [-0.1, -0.05) is 19.8 Å². The van der Waals surface area contributed by atoms with Gasteiger partial charge in [-0.15, -0.1) is 24.0 Å². The van der Waals surface area contributed by atoms with Gasteiger partial charge in [0, 0.05) is 56.5 Å². The summed E-state index contributed by atoms with van der Waals surface area (Å²) in [5.41, 5.74) is 0. The summed E-state index contributed by atoms with van der Waals surface area (Å²) < 4.78 is 0. The van der Waals surface area contributed by atoms with Gasteiger partial charge in [-0.2, -0.15) is 11.8 Å². The number of amides is 1. The molecule has 0 bridgehead atoms. The summed E-state index contributed by atoms with van der Waals surface area (Å²) in [6, 6.07) is 0.548. The third kappa shape index (κ3) is 8.04. The molecular formula is C22H42IN5OS. The molecule has 0 spiro atoms. The molecule has 1 heterocycles. The predicted octanol–water partition coefficient (Wildman–Crippen LogP) is 3.17. The standard InChI is InChI=1S/C22H41N5OS.HI/c1-3-23-22(25-19-9-6-10-20(17-19)29-4-2)24-11-12-26-13-15-27(16-14-26)21(28)18-7-5-8-18;/h18-20H,3-17H2,1-2H3,(H2,23,24,25);1H. The molecule has 2 atom stereocenters. The van der Waals surface area contributed by atoms with E-state index in [9.17, 15) is 4.79 Å². The van der Waals surface area contributed by atoms with Crippen LogP contribution < -0.4 is 10.6 Å². The Kier molecular flexibility index (Phi) is 12.2. The highest BCUT2D eigenvalue weighted by Gasteiger charge is 2.31. The molecule has 1 amide bonds. The third-order valence-corrected chi connectivity index (χ3v) is 7.77. The fraction of sp³-hybridized carbons (Fsp3) is 0.909. The number of hydrogen-bond donors (Lipinski definition) is 2. The first-order valence-corrected chi connectivity index (χ1v) is 12.9. The lowest BCUT2D eigenvalue weighted by atomic mass is 9.84. The van der Waals surface area contributed by atoms with E-state index in [1.54, 1.807) is 0 Å². The summed E-state index contributed by atoms with van der Waals surface area (Å²) in [5.74, 6) is 2.92. The highest BCUT2D eigenvalue weighted by Crippen LogP contribution is 2.29. The number of nitrogens with zero attached hydrogens (tertiary/aromatic N) is 3. The summed E-state index contributed by atoms with van der Waals surface area (Å²) in [4.78, 5) is 21.8. The van der Waals surface area contributed by atoms with E-state index < -0.39 is 0 Å². The van der Waals surface area contributed by atoms with E-state index in [2.05, 4.69) is 46.0 Å². The van der Waals surface area contributed by atoms with Crippen LogP contribution in [0.25, 0.3) is 0 Å². The Morgan fingerprint density at radius 1 is 1.07 bits per heavy atom. The van der Waals surface area contributed by atoms with Crippen molar-refractivity contribution in [2.24, 2.45) is 10.9 Å². The summed E-state index contributed by atoms with van der Waals surface area (Å²) in [6.07, 6.45) is 8.62. The van der Waals surface area contributed by atoms with E-state index >= 15 is 0 Å². The fourth-order valence-electron chi connectivity index (χ4n) is 4.58. The van der Waals surface area contributed by atoms with Crippen LogP contribution in [0.2, 0.25) is 0 Å². The smallest absolute Gasteiger partial charge is 0.225 e. The van der Waals surface area contributed by atoms with Crippen molar-refractivity contribution in [3.63, 3.8) is 0 Å². The number of halogens is 1. The van der Waals surface area contributed by atoms with Crippen molar-refractivity contribution in [2.75, 3.05) is 51.6 Å². The summed E-state index contributed by atoms with van der Waals surface area (Å²) in [7, 11) is 0. The van der Waals surface area contributed by atoms with Gasteiger partial charge in [0.2, 0.25) is 5.91 Å². The van der Waals surface area contributed by atoms with Gasteiger partial charge in [-0.25, -0.2) is 0 Å². The van der Waals surface area contributed by atoms with Crippen LogP contribution in [0.1, 0.15) is 58.8 Å². The van der Waals surface area contributed by atoms with Crippen molar-refractivity contribution < 1.29 is 4.79 Å². The molecule has 0 aromatic carbocycles. The Morgan fingerprint density at radius 2 is 1.80 bits per heavy atom. The number of carbonyl (C=O) groups is 1. The average Bonchev–Trinajstić information content (AvgIpc) is 2.68. The second kappa shape index (κ2) is 14.0. The molecular weight excluding hydrogens is 509 g/mol. The Hall–Kier alpha value is -0.220. The largest absolute Gasteiger partial charge is 0.357 e. The van der Waals surface area contributed by atoms with Gasteiger partial charge in [0.25, 0.3) is 0 Å². The van der Waals surface area contributed by atoms with E-state index in [-0.39, 0.29) is 24.0 Å². The number of aliphatic imine (C=N–C) groups is 1. The number of carbonyl (C=O) groups excluding carboxylic acids is 1. The highest BCUT2D eigenvalue weighted by molar-refractivity contribution is 14.0. The maximum Gasteiger partial charge on any atom is 0.225 e. The molecule has 3 rings (SSSR count). The SMILES string of the molecule is CCNC(=NCCN1CCN(C(=O)C2CCC2)CC1)NC1CCCC(SCC)C1.I. The number of nitrogens with one attached hydrogen (secondary N) is 2. The van der Waals surface area contributed by atoms with E-state index in [4.69, 9.17) is 4.99 Å². The van der Waals surface area contributed by atoms with Crippen molar-refractivity contribution >= 4 is 47.6 Å². The first-order chi connectivity index (χ1) is 14.2. The Bertz CT molecular complexity index is 536. The molecule has 0 aromatic heterocycles. The zero-order chi connectivity index (χ0) is 20.5. The zero-order valence-electron chi connectivity index (χ0n) is 18.9. The Labute approximate surface area is 204 Å². The number of guanidine groups is 1. The number of piperazine rings is 1. The van der Waals surface area contributed by atoms with Crippen LogP contribution >= 0.6 is 35.7 Å². The van der Waals surface area contributed by atoms with Crippen LogP contribution in [-0.4, -0.2) is 84.5 Å².